The fourth-order valence-corrected chi connectivity index (χ4v) is 5.96. The van der Waals surface area contributed by atoms with Gasteiger partial charge in [-0.05, 0) is 43.2 Å². The van der Waals surface area contributed by atoms with Crippen molar-refractivity contribution in [1.29, 1.82) is 0 Å². The van der Waals surface area contributed by atoms with Gasteiger partial charge in [0.15, 0.2) is 0 Å². The van der Waals surface area contributed by atoms with E-state index in [-0.39, 0.29) is 18.5 Å². The normalized spacial score (nSPS) is 21.3. The summed E-state index contributed by atoms with van der Waals surface area (Å²) in [5.74, 6) is -2.73. The van der Waals surface area contributed by atoms with Gasteiger partial charge in [0.05, 0.1) is 30.0 Å². The van der Waals surface area contributed by atoms with E-state index in [2.05, 4.69) is 15.2 Å². The third kappa shape index (κ3) is 5.20. The number of likely N-dealkylation sites (tertiary alicyclic amines) is 1. The smallest absolute Gasteiger partial charge is 0.343 e. The number of imidazole rings is 1. The molecule has 0 bridgehead atoms. The monoisotopic (exact) mass is 574 g/mol. The molecule has 0 saturated carbocycles. The Labute approximate surface area is 233 Å². The van der Waals surface area contributed by atoms with Crippen molar-refractivity contribution >= 4 is 29.1 Å². The maximum absolute atomic E-state index is 14.2. The highest BCUT2D eigenvalue weighted by molar-refractivity contribution is 5.97. The Balaban J connectivity index is 1.33. The molecule has 3 aromatic rings. The lowest BCUT2D eigenvalue weighted by Crippen LogP contribution is -2.61. The Morgan fingerprint density at radius 3 is 2.71 bits per heavy atom. The molecule has 1 N–H and O–H groups in total. The molecule has 2 aromatic heterocycles. The fraction of sp³-hybridized carbons (Fsp3) is 0.429. The molecule has 2 atom stereocenters. The number of hydrogen-bond acceptors (Lipinski definition) is 5. The van der Waals surface area contributed by atoms with E-state index in [9.17, 15) is 31.9 Å². The van der Waals surface area contributed by atoms with Crippen molar-refractivity contribution in [2.75, 3.05) is 31.7 Å². The molecule has 2 unspecified atom stereocenters. The van der Waals surface area contributed by atoms with Crippen molar-refractivity contribution in [1.82, 2.24) is 24.5 Å². The Kier molecular flexibility index (Phi) is 7.39. The van der Waals surface area contributed by atoms with Gasteiger partial charge >= 0.3 is 6.18 Å². The maximum Gasteiger partial charge on any atom is 0.416 e. The molecule has 218 valence electrons. The van der Waals surface area contributed by atoms with Crippen LogP contribution < -0.4 is 10.2 Å². The van der Waals surface area contributed by atoms with Crippen LogP contribution >= 0.6 is 0 Å². The van der Waals surface area contributed by atoms with Gasteiger partial charge in [-0.25, -0.2) is 9.37 Å². The first kappa shape index (κ1) is 28.4. The SMILES string of the molecule is CCCC1CC2(CCN1C(=O)CNC(=O)c1cc(C(F)(F)F)ccc1F)C(=O)N(C)CN2c1ccc2nccn2c1. The summed E-state index contributed by atoms with van der Waals surface area (Å²) in [5.41, 5.74) is -1.20. The number of anilines is 1. The number of hydrogen-bond donors (Lipinski definition) is 1. The molecule has 2 fully saturated rings. The van der Waals surface area contributed by atoms with Crippen molar-refractivity contribution in [3.63, 3.8) is 0 Å². The highest BCUT2D eigenvalue weighted by Gasteiger charge is 2.55. The number of nitrogens with zero attached hydrogens (tertiary/aromatic N) is 5. The number of piperidine rings is 1. The van der Waals surface area contributed by atoms with Crippen LogP contribution in [-0.2, 0) is 15.8 Å². The summed E-state index contributed by atoms with van der Waals surface area (Å²) < 4.78 is 55.2. The van der Waals surface area contributed by atoms with Gasteiger partial charge < -0.3 is 24.4 Å². The van der Waals surface area contributed by atoms with E-state index in [1.165, 1.54) is 0 Å². The Bertz CT molecular complexity index is 1490. The minimum absolute atomic E-state index is 0.0373. The van der Waals surface area contributed by atoms with E-state index in [4.69, 9.17) is 0 Å². The van der Waals surface area contributed by atoms with Crippen LogP contribution in [0.1, 0.15) is 48.5 Å². The molecular weight excluding hydrogens is 544 g/mol. The van der Waals surface area contributed by atoms with Gasteiger partial charge in [-0.3, -0.25) is 14.4 Å². The molecule has 9 nitrogen and oxygen atoms in total. The summed E-state index contributed by atoms with van der Waals surface area (Å²) in [6.45, 7) is 2.07. The molecule has 2 aliphatic rings. The molecule has 0 radical (unpaired) electrons. The third-order valence-corrected chi connectivity index (χ3v) is 7.96. The second kappa shape index (κ2) is 10.7. The van der Waals surface area contributed by atoms with Crippen LogP contribution in [0.4, 0.5) is 23.2 Å². The van der Waals surface area contributed by atoms with Crippen LogP contribution in [-0.4, -0.2) is 75.3 Å². The van der Waals surface area contributed by atoms with Crippen molar-refractivity contribution in [2.24, 2.45) is 0 Å². The van der Waals surface area contributed by atoms with E-state index in [0.29, 0.717) is 44.1 Å². The average molecular weight is 575 g/mol. The summed E-state index contributed by atoms with van der Waals surface area (Å²) in [6, 6.07) is 5.03. The van der Waals surface area contributed by atoms with E-state index in [1.54, 1.807) is 23.0 Å². The second-order valence-electron chi connectivity index (χ2n) is 10.5. The average Bonchev–Trinajstić information content (AvgIpc) is 3.50. The van der Waals surface area contributed by atoms with Crippen LogP contribution in [0, 0.1) is 5.82 Å². The summed E-state index contributed by atoms with van der Waals surface area (Å²) in [7, 11) is 1.74. The Morgan fingerprint density at radius 1 is 1.20 bits per heavy atom. The molecule has 1 aromatic carbocycles. The molecule has 3 amide bonds. The first-order valence-corrected chi connectivity index (χ1v) is 13.3. The number of carbonyl (C=O) groups is 3. The quantitative estimate of drug-likeness (QED) is 0.454. The van der Waals surface area contributed by atoms with E-state index < -0.39 is 47.0 Å². The van der Waals surface area contributed by atoms with Gasteiger partial charge in [-0.2, -0.15) is 13.2 Å². The number of aromatic nitrogens is 2. The lowest BCUT2D eigenvalue weighted by molar-refractivity contribution is -0.140. The van der Waals surface area contributed by atoms with Crippen LogP contribution in [0.5, 0.6) is 0 Å². The van der Waals surface area contributed by atoms with Gasteiger partial charge in [0.1, 0.15) is 17.0 Å². The number of pyridine rings is 1. The number of nitrogens with one attached hydrogen (secondary N) is 1. The molecule has 0 aliphatic carbocycles. The van der Waals surface area contributed by atoms with E-state index in [0.717, 1.165) is 17.8 Å². The lowest BCUT2D eigenvalue weighted by Gasteiger charge is -2.47. The van der Waals surface area contributed by atoms with Gasteiger partial charge in [-0.1, -0.05) is 13.3 Å². The number of fused-ring (bicyclic) bond motifs is 1. The number of likely N-dealkylation sites (N-methyl/N-ethyl adjacent to an activating group) is 1. The molecular formula is C28H30F4N6O3. The van der Waals surface area contributed by atoms with Crippen molar-refractivity contribution in [3.05, 3.63) is 65.9 Å². The van der Waals surface area contributed by atoms with Gasteiger partial charge in [0, 0.05) is 44.6 Å². The molecule has 5 rings (SSSR count). The molecule has 2 aliphatic heterocycles. The Hall–Kier alpha value is -4.16. The molecule has 4 heterocycles. The highest BCUT2D eigenvalue weighted by atomic mass is 19.4. The minimum Gasteiger partial charge on any atom is -0.343 e. The lowest BCUT2D eigenvalue weighted by atomic mass is 9.80. The van der Waals surface area contributed by atoms with Gasteiger partial charge in [-0.15, -0.1) is 0 Å². The highest BCUT2D eigenvalue weighted by Crippen LogP contribution is 2.42. The molecule has 2 saturated heterocycles. The summed E-state index contributed by atoms with van der Waals surface area (Å²) in [6.07, 6.45) is 2.75. The summed E-state index contributed by atoms with van der Waals surface area (Å²) in [5, 5.41) is 2.27. The fourth-order valence-electron chi connectivity index (χ4n) is 5.96. The topological polar surface area (TPSA) is 90.3 Å². The predicted octanol–water partition coefficient (Wildman–Crippen LogP) is 3.69. The number of halogens is 4. The summed E-state index contributed by atoms with van der Waals surface area (Å²) >= 11 is 0. The van der Waals surface area contributed by atoms with Crippen LogP contribution in [0.3, 0.4) is 0 Å². The Morgan fingerprint density at radius 2 is 1.98 bits per heavy atom. The van der Waals surface area contributed by atoms with Gasteiger partial charge in [0.25, 0.3) is 5.91 Å². The minimum atomic E-state index is -4.75. The molecule has 1 spiro atoms. The number of carbonyl (C=O) groups excluding carboxylic acids is 3. The standard InChI is InChI=1S/C28H30F4N6O3/c1-3-4-19-14-27(26(41)35(2)17-38(27)20-6-8-23-33-10-12-36(23)16-20)9-11-37(19)24(39)15-34-25(40)21-13-18(28(30,31)32)5-7-22(21)29/h5-8,10,12-13,16,19H,3-4,9,11,14-15,17H2,1-2H3,(H,34,40). The maximum atomic E-state index is 14.2. The van der Waals surface area contributed by atoms with Crippen LogP contribution in [0.25, 0.3) is 5.65 Å². The van der Waals surface area contributed by atoms with Gasteiger partial charge in [0.2, 0.25) is 11.8 Å². The number of amides is 3. The number of rotatable bonds is 6. The number of benzene rings is 1. The zero-order valence-corrected chi connectivity index (χ0v) is 22.6. The number of alkyl halides is 3. The molecule has 13 heteroatoms. The first-order valence-electron chi connectivity index (χ1n) is 13.3. The van der Waals surface area contributed by atoms with Crippen molar-refractivity contribution < 1.29 is 31.9 Å². The van der Waals surface area contributed by atoms with E-state index >= 15 is 0 Å². The zero-order valence-electron chi connectivity index (χ0n) is 22.6. The van der Waals surface area contributed by atoms with Crippen LogP contribution in [0.15, 0.2) is 48.9 Å². The van der Waals surface area contributed by atoms with Crippen molar-refractivity contribution in [3.8, 4) is 0 Å². The predicted molar refractivity (Wildman–Crippen MR) is 141 cm³/mol. The largest absolute Gasteiger partial charge is 0.416 e. The first-order chi connectivity index (χ1) is 19.4. The van der Waals surface area contributed by atoms with E-state index in [1.807, 2.05) is 35.9 Å². The summed E-state index contributed by atoms with van der Waals surface area (Å²) in [4.78, 5) is 49.0. The molecule has 41 heavy (non-hydrogen) atoms. The van der Waals surface area contributed by atoms with Crippen LogP contribution in [0.2, 0.25) is 0 Å². The zero-order chi connectivity index (χ0) is 29.5. The third-order valence-electron chi connectivity index (χ3n) is 7.96. The van der Waals surface area contributed by atoms with Crippen molar-refractivity contribution in [2.45, 2.75) is 50.4 Å². The second-order valence-corrected chi connectivity index (χ2v) is 10.5.